The first kappa shape index (κ1) is 19.7. The van der Waals surface area contributed by atoms with Crippen molar-refractivity contribution in [3.05, 3.63) is 29.1 Å². The number of likely N-dealkylation sites (tertiary alicyclic amines) is 1. The van der Waals surface area contributed by atoms with E-state index in [1.807, 2.05) is 4.90 Å². The SMILES string of the molecule is Cc1nc(C(=O)N(C)C)ccc1C(=O)N1CC[C@@H]2CNC[C@@H]2CC1.Cl. The van der Waals surface area contributed by atoms with E-state index in [-0.39, 0.29) is 24.2 Å². The molecule has 6 nitrogen and oxygen atoms in total. The van der Waals surface area contributed by atoms with Crippen molar-refractivity contribution in [1.82, 2.24) is 20.1 Å². The van der Waals surface area contributed by atoms with Crippen LogP contribution in [0.25, 0.3) is 0 Å². The van der Waals surface area contributed by atoms with Gasteiger partial charge in [-0.25, -0.2) is 4.98 Å². The van der Waals surface area contributed by atoms with Gasteiger partial charge >= 0.3 is 0 Å². The summed E-state index contributed by atoms with van der Waals surface area (Å²) in [6, 6.07) is 3.40. The zero-order valence-electron chi connectivity index (χ0n) is 15.1. The molecule has 1 N–H and O–H groups in total. The van der Waals surface area contributed by atoms with Crippen LogP contribution in [-0.2, 0) is 0 Å². The zero-order chi connectivity index (χ0) is 17.3. The van der Waals surface area contributed by atoms with Crippen LogP contribution < -0.4 is 5.32 Å². The van der Waals surface area contributed by atoms with E-state index in [9.17, 15) is 9.59 Å². The fourth-order valence-electron chi connectivity index (χ4n) is 3.73. The van der Waals surface area contributed by atoms with Crippen molar-refractivity contribution in [1.29, 1.82) is 0 Å². The minimum atomic E-state index is -0.146. The first-order valence-electron chi connectivity index (χ1n) is 8.66. The fourth-order valence-corrected chi connectivity index (χ4v) is 3.73. The summed E-state index contributed by atoms with van der Waals surface area (Å²) >= 11 is 0. The topological polar surface area (TPSA) is 65.5 Å². The predicted octanol–water partition coefficient (Wildman–Crippen LogP) is 1.59. The maximum absolute atomic E-state index is 12.9. The molecule has 2 aliphatic rings. The lowest BCUT2D eigenvalue weighted by molar-refractivity contribution is 0.0754. The van der Waals surface area contributed by atoms with Gasteiger partial charge in [0.25, 0.3) is 11.8 Å². The molecule has 138 valence electrons. The van der Waals surface area contributed by atoms with Crippen molar-refractivity contribution >= 4 is 24.2 Å². The number of aromatic nitrogens is 1. The Hall–Kier alpha value is -1.66. The highest BCUT2D eigenvalue weighted by atomic mass is 35.5. The largest absolute Gasteiger partial charge is 0.343 e. The third-order valence-corrected chi connectivity index (χ3v) is 5.25. The number of halogens is 1. The van der Waals surface area contributed by atoms with E-state index in [2.05, 4.69) is 10.3 Å². The Kier molecular flexibility index (Phi) is 6.41. The second-order valence-corrected chi connectivity index (χ2v) is 7.08. The molecule has 0 saturated carbocycles. The molecule has 2 saturated heterocycles. The Bertz CT molecular complexity index is 636. The number of nitrogens with one attached hydrogen (secondary N) is 1. The number of hydrogen-bond donors (Lipinski definition) is 1. The van der Waals surface area contributed by atoms with Crippen LogP contribution in [0.1, 0.15) is 39.4 Å². The van der Waals surface area contributed by atoms with Gasteiger partial charge in [0.2, 0.25) is 0 Å². The molecule has 1 aromatic rings. The number of rotatable bonds is 2. The van der Waals surface area contributed by atoms with Gasteiger partial charge in [0.05, 0.1) is 11.3 Å². The molecular formula is C18H27ClN4O2. The Morgan fingerprint density at radius 3 is 2.28 bits per heavy atom. The second-order valence-electron chi connectivity index (χ2n) is 7.08. The van der Waals surface area contributed by atoms with E-state index in [4.69, 9.17) is 0 Å². The van der Waals surface area contributed by atoms with Gasteiger partial charge in [0.15, 0.2) is 0 Å². The molecule has 2 aliphatic heterocycles. The normalized spacial score (nSPS) is 22.6. The summed E-state index contributed by atoms with van der Waals surface area (Å²) < 4.78 is 0. The van der Waals surface area contributed by atoms with Crippen LogP contribution >= 0.6 is 12.4 Å². The second kappa shape index (κ2) is 8.15. The third kappa shape index (κ3) is 4.12. The lowest BCUT2D eigenvalue weighted by Gasteiger charge is -2.22. The molecule has 0 spiro atoms. The standard InChI is InChI=1S/C18H26N4O2.ClH/c1-12-15(4-5-16(20-12)18(24)21(2)3)17(23)22-8-6-13-10-19-11-14(13)7-9-22;/h4-5,13-14,19H,6-11H2,1-3H3;1H/t13-,14+;. The summed E-state index contributed by atoms with van der Waals surface area (Å²) in [7, 11) is 3.39. The van der Waals surface area contributed by atoms with Crippen molar-refractivity contribution in [3.8, 4) is 0 Å². The lowest BCUT2D eigenvalue weighted by atomic mass is 9.92. The maximum Gasteiger partial charge on any atom is 0.271 e. The highest BCUT2D eigenvalue weighted by molar-refractivity contribution is 5.97. The number of carbonyl (C=O) groups is 2. The number of fused-ring (bicyclic) bond motifs is 1. The summed E-state index contributed by atoms with van der Waals surface area (Å²) in [4.78, 5) is 32.7. The molecule has 3 heterocycles. The van der Waals surface area contributed by atoms with Gasteiger partial charge < -0.3 is 15.1 Å². The number of nitrogens with zero attached hydrogens (tertiary/aromatic N) is 3. The molecule has 0 radical (unpaired) electrons. The van der Waals surface area contributed by atoms with Crippen LogP contribution in [0.3, 0.4) is 0 Å². The lowest BCUT2D eigenvalue weighted by Crippen LogP contribution is -2.33. The summed E-state index contributed by atoms with van der Waals surface area (Å²) in [5.74, 6) is 1.29. The van der Waals surface area contributed by atoms with Crippen LogP contribution in [0.4, 0.5) is 0 Å². The minimum absolute atomic E-state index is 0. The van der Waals surface area contributed by atoms with E-state index < -0.39 is 0 Å². The van der Waals surface area contributed by atoms with Gasteiger partial charge in [-0.05, 0) is 56.8 Å². The summed E-state index contributed by atoms with van der Waals surface area (Å²) in [5, 5.41) is 3.45. The number of pyridine rings is 1. The molecule has 1 aromatic heterocycles. The average Bonchev–Trinajstić information content (AvgIpc) is 2.92. The Morgan fingerprint density at radius 1 is 1.16 bits per heavy atom. The Morgan fingerprint density at radius 2 is 1.76 bits per heavy atom. The minimum Gasteiger partial charge on any atom is -0.343 e. The van der Waals surface area contributed by atoms with Crippen molar-refractivity contribution in [2.24, 2.45) is 11.8 Å². The molecule has 2 amide bonds. The molecule has 25 heavy (non-hydrogen) atoms. The highest BCUT2D eigenvalue weighted by Gasteiger charge is 2.32. The zero-order valence-corrected chi connectivity index (χ0v) is 15.9. The number of amides is 2. The maximum atomic E-state index is 12.9. The molecule has 0 unspecified atom stereocenters. The summed E-state index contributed by atoms with van der Waals surface area (Å²) in [6.07, 6.45) is 2.13. The van der Waals surface area contributed by atoms with Gasteiger partial charge in [-0.2, -0.15) is 0 Å². The number of carbonyl (C=O) groups excluding carboxylic acids is 2. The molecule has 0 aliphatic carbocycles. The molecule has 7 heteroatoms. The van der Waals surface area contributed by atoms with Crippen LogP contribution in [-0.4, -0.2) is 66.9 Å². The van der Waals surface area contributed by atoms with Crippen LogP contribution in [0.15, 0.2) is 12.1 Å². The van der Waals surface area contributed by atoms with Crippen LogP contribution in [0.5, 0.6) is 0 Å². The highest BCUT2D eigenvalue weighted by Crippen LogP contribution is 2.27. The summed E-state index contributed by atoms with van der Waals surface area (Å²) in [6.45, 7) is 5.57. The average molecular weight is 367 g/mol. The molecule has 2 atom stereocenters. The van der Waals surface area contributed by atoms with E-state index in [1.54, 1.807) is 33.2 Å². The van der Waals surface area contributed by atoms with Gasteiger partial charge in [0, 0.05) is 27.2 Å². The number of hydrogen-bond acceptors (Lipinski definition) is 4. The first-order chi connectivity index (χ1) is 11.5. The van der Waals surface area contributed by atoms with E-state index in [0.717, 1.165) is 39.0 Å². The summed E-state index contributed by atoms with van der Waals surface area (Å²) in [5.41, 5.74) is 1.61. The first-order valence-corrected chi connectivity index (χ1v) is 8.66. The van der Waals surface area contributed by atoms with Crippen LogP contribution in [0, 0.1) is 18.8 Å². The quantitative estimate of drug-likeness (QED) is 0.863. The van der Waals surface area contributed by atoms with Gasteiger partial charge in [-0.3, -0.25) is 9.59 Å². The molecule has 0 aromatic carbocycles. The molecular weight excluding hydrogens is 340 g/mol. The van der Waals surface area contributed by atoms with Gasteiger partial charge in [-0.15, -0.1) is 12.4 Å². The van der Waals surface area contributed by atoms with E-state index in [1.165, 1.54) is 4.90 Å². The van der Waals surface area contributed by atoms with Crippen LogP contribution in [0.2, 0.25) is 0 Å². The van der Waals surface area contributed by atoms with E-state index >= 15 is 0 Å². The Balaban J connectivity index is 0.00000225. The van der Waals surface area contributed by atoms with Crippen molar-refractivity contribution < 1.29 is 9.59 Å². The Labute approximate surface area is 155 Å². The molecule has 2 fully saturated rings. The monoisotopic (exact) mass is 366 g/mol. The van der Waals surface area contributed by atoms with Crippen molar-refractivity contribution in [2.45, 2.75) is 19.8 Å². The third-order valence-electron chi connectivity index (χ3n) is 5.25. The predicted molar refractivity (Wildman–Crippen MR) is 99.2 cm³/mol. The molecule has 0 bridgehead atoms. The van der Waals surface area contributed by atoms with E-state index in [0.29, 0.717) is 28.8 Å². The molecule has 3 rings (SSSR count). The van der Waals surface area contributed by atoms with Crippen molar-refractivity contribution in [2.75, 3.05) is 40.3 Å². The fraction of sp³-hybridized carbons (Fsp3) is 0.611. The smallest absolute Gasteiger partial charge is 0.271 e. The number of aryl methyl sites for hydroxylation is 1. The van der Waals surface area contributed by atoms with Gasteiger partial charge in [0.1, 0.15) is 5.69 Å². The van der Waals surface area contributed by atoms with Gasteiger partial charge in [-0.1, -0.05) is 0 Å². The van der Waals surface area contributed by atoms with Crippen molar-refractivity contribution in [3.63, 3.8) is 0 Å².